The summed E-state index contributed by atoms with van der Waals surface area (Å²) >= 11 is 0. The molecule has 1 aromatic heterocycles. The number of rotatable bonds is 5. The van der Waals surface area contributed by atoms with Crippen molar-refractivity contribution in [3.05, 3.63) is 24.2 Å². The summed E-state index contributed by atoms with van der Waals surface area (Å²) in [5.74, 6) is 1.81. The number of amides is 1. The van der Waals surface area contributed by atoms with E-state index >= 15 is 0 Å². The SMILES string of the molecule is CC(C(=O)N(Cc1ccco1)C1CC1)C1CNC1. The molecule has 1 atom stereocenters. The summed E-state index contributed by atoms with van der Waals surface area (Å²) in [6.45, 7) is 4.64. The lowest BCUT2D eigenvalue weighted by atomic mass is 9.88. The van der Waals surface area contributed by atoms with Gasteiger partial charge in [-0.15, -0.1) is 0 Å². The van der Waals surface area contributed by atoms with Crippen LogP contribution < -0.4 is 5.32 Å². The fourth-order valence-corrected chi connectivity index (χ4v) is 2.47. The second kappa shape index (κ2) is 4.76. The van der Waals surface area contributed by atoms with Crippen molar-refractivity contribution in [3.63, 3.8) is 0 Å². The summed E-state index contributed by atoms with van der Waals surface area (Å²) in [5.41, 5.74) is 0. The van der Waals surface area contributed by atoms with Crippen LogP contribution in [0.15, 0.2) is 22.8 Å². The van der Waals surface area contributed by atoms with Crippen LogP contribution in [-0.2, 0) is 11.3 Å². The monoisotopic (exact) mass is 248 g/mol. The van der Waals surface area contributed by atoms with E-state index in [0.717, 1.165) is 31.7 Å². The average molecular weight is 248 g/mol. The van der Waals surface area contributed by atoms with Crippen LogP contribution in [0.2, 0.25) is 0 Å². The lowest BCUT2D eigenvalue weighted by Crippen LogP contribution is -2.50. The van der Waals surface area contributed by atoms with E-state index in [0.29, 0.717) is 24.4 Å². The van der Waals surface area contributed by atoms with Crippen molar-refractivity contribution in [1.82, 2.24) is 10.2 Å². The lowest BCUT2D eigenvalue weighted by Gasteiger charge is -2.35. The van der Waals surface area contributed by atoms with Crippen LogP contribution in [0.5, 0.6) is 0 Å². The molecule has 2 heterocycles. The van der Waals surface area contributed by atoms with E-state index in [1.54, 1.807) is 6.26 Å². The molecule has 1 N–H and O–H groups in total. The summed E-state index contributed by atoms with van der Waals surface area (Å²) in [7, 11) is 0. The average Bonchev–Trinajstić information content (AvgIpc) is 3.00. The van der Waals surface area contributed by atoms with Crippen molar-refractivity contribution in [2.45, 2.75) is 32.4 Å². The summed E-state index contributed by atoms with van der Waals surface area (Å²) < 4.78 is 5.37. The van der Waals surface area contributed by atoms with E-state index in [4.69, 9.17) is 4.42 Å². The molecule has 1 aliphatic carbocycles. The molecule has 1 amide bonds. The largest absolute Gasteiger partial charge is 0.467 e. The van der Waals surface area contributed by atoms with Gasteiger partial charge in [0.1, 0.15) is 5.76 Å². The Balaban J connectivity index is 1.66. The zero-order chi connectivity index (χ0) is 12.5. The van der Waals surface area contributed by atoms with Crippen molar-refractivity contribution in [2.75, 3.05) is 13.1 Å². The van der Waals surface area contributed by atoms with Crippen LogP contribution in [0, 0.1) is 11.8 Å². The van der Waals surface area contributed by atoms with Gasteiger partial charge < -0.3 is 14.6 Å². The fourth-order valence-electron chi connectivity index (χ4n) is 2.47. The van der Waals surface area contributed by atoms with Gasteiger partial charge in [-0.05, 0) is 44.0 Å². The summed E-state index contributed by atoms with van der Waals surface area (Å²) in [6, 6.07) is 4.26. The highest BCUT2D eigenvalue weighted by molar-refractivity contribution is 5.79. The van der Waals surface area contributed by atoms with Crippen molar-refractivity contribution < 1.29 is 9.21 Å². The van der Waals surface area contributed by atoms with Gasteiger partial charge >= 0.3 is 0 Å². The third-order valence-corrected chi connectivity index (χ3v) is 4.09. The molecular weight excluding hydrogens is 228 g/mol. The summed E-state index contributed by atoms with van der Waals surface area (Å²) in [4.78, 5) is 14.6. The van der Waals surface area contributed by atoms with E-state index in [9.17, 15) is 4.79 Å². The standard InChI is InChI=1S/C14H20N2O2/c1-10(11-7-15-8-11)14(17)16(12-4-5-12)9-13-3-2-6-18-13/h2-3,6,10-12,15H,4-5,7-9H2,1H3. The topological polar surface area (TPSA) is 45.5 Å². The Labute approximate surface area is 107 Å². The van der Waals surface area contributed by atoms with E-state index in [-0.39, 0.29) is 5.92 Å². The number of carbonyl (C=O) groups excluding carboxylic acids is 1. The lowest BCUT2D eigenvalue weighted by molar-refractivity contribution is -0.138. The van der Waals surface area contributed by atoms with E-state index in [1.165, 1.54) is 0 Å². The first-order valence-electron chi connectivity index (χ1n) is 6.79. The second-order valence-electron chi connectivity index (χ2n) is 5.48. The molecule has 1 aliphatic heterocycles. The second-order valence-corrected chi connectivity index (χ2v) is 5.48. The number of hydrogen-bond acceptors (Lipinski definition) is 3. The maximum atomic E-state index is 12.5. The maximum Gasteiger partial charge on any atom is 0.226 e. The Morgan fingerprint density at radius 1 is 1.56 bits per heavy atom. The van der Waals surface area contributed by atoms with Gasteiger partial charge in [0.2, 0.25) is 5.91 Å². The minimum atomic E-state index is 0.127. The van der Waals surface area contributed by atoms with E-state index in [2.05, 4.69) is 12.2 Å². The molecule has 18 heavy (non-hydrogen) atoms. The van der Waals surface area contributed by atoms with Gasteiger partial charge in [-0.25, -0.2) is 0 Å². The Morgan fingerprint density at radius 2 is 2.33 bits per heavy atom. The van der Waals surface area contributed by atoms with Crippen LogP contribution >= 0.6 is 0 Å². The van der Waals surface area contributed by atoms with Crippen molar-refractivity contribution in [2.24, 2.45) is 11.8 Å². The van der Waals surface area contributed by atoms with Gasteiger partial charge in [0, 0.05) is 12.0 Å². The van der Waals surface area contributed by atoms with Gasteiger partial charge in [0.15, 0.2) is 0 Å². The molecule has 98 valence electrons. The van der Waals surface area contributed by atoms with Gasteiger partial charge in [-0.2, -0.15) is 0 Å². The quantitative estimate of drug-likeness (QED) is 0.861. The zero-order valence-corrected chi connectivity index (χ0v) is 10.8. The normalized spacial score (nSPS) is 21.4. The number of nitrogens with zero attached hydrogens (tertiary/aromatic N) is 1. The fraction of sp³-hybridized carbons (Fsp3) is 0.643. The molecule has 2 fully saturated rings. The summed E-state index contributed by atoms with van der Waals surface area (Å²) in [6.07, 6.45) is 3.95. The van der Waals surface area contributed by atoms with Crippen molar-refractivity contribution in [1.29, 1.82) is 0 Å². The predicted molar refractivity (Wildman–Crippen MR) is 67.8 cm³/mol. The first kappa shape index (κ1) is 11.8. The van der Waals surface area contributed by atoms with E-state index < -0.39 is 0 Å². The van der Waals surface area contributed by atoms with Crippen molar-refractivity contribution >= 4 is 5.91 Å². The highest BCUT2D eigenvalue weighted by atomic mass is 16.3. The summed E-state index contributed by atoms with van der Waals surface area (Å²) in [5, 5.41) is 3.24. The molecule has 0 bridgehead atoms. The first-order chi connectivity index (χ1) is 8.75. The number of nitrogens with one attached hydrogen (secondary N) is 1. The van der Waals surface area contributed by atoms with Gasteiger partial charge in [0.05, 0.1) is 12.8 Å². The van der Waals surface area contributed by atoms with E-state index in [1.807, 2.05) is 17.0 Å². The third-order valence-electron chi connectivity index (χ3n) is 4.09. The maximum absolute atomic E-state index is 12.5. The van der Waals surface area contributed by atoms with Gasteiger partial charge in [-0.1, -0.05) is 6.92 Å². The predicted octanol–water partition coefficient (Wildman–Crippen LogP) is 1.63. The first-order valence-corrected chi connectivity index (χ1v) is 6.79. The molecular formula is C14H20N2O2. The smallest absolute Gasteiger partial charge is 0.226 e. The number of carbonyl (C=O) groups is 1. The zero-order valence-electron chi connectivity index (χ0n) is 10.8. The molecule has 0 spiro atoms. The van der Waals surface area contributed by atoms with Gasteiger partial charge in [-0.3, -0.25) is 4.79 Å². The molecule has 0 aromatic carbocycles. The molecule has 4 nitrogen and oxygen atoms in total. The molecule has 3 rings (SSSR count). The molecule has 1 unspecified atom stereocenters. The third kappa shape index (κ3) is 2.29. The Hall–Kier alpha value is -1.29. The van der Waals surface area contributed by atoms with Crippen LogP contribution in [0.25, 0.3) is 0 Å². The van der Waals surface area contributed by atoms with Crippen LogP contribution in [0.3, 0.4) is 0 Å². The van der Waals surface area contributed by atoms with Crippen LogP contribution in [0.4, 0.5) is 0 Å². The molecule has 1 saturated carbocycles. The van der Waals surface area contributed by atoms with Crippen molar-refractivity contribution in [3.8, 4) is 0 Å². The molecule has 4 heteroatoms. The Kier molecular flexibility index (Phi) is 3.12. The number of hydrogen-bond donors (Lipinski definition) is 1. The van der Waals surface area contributed by atoms with Crippen LogP contribution in [0.1, 0.15) is 25.5 Å². The van der Waals surface area contributed by atoms with Crippen LogP contribution in [-0.4, -0.2) is 29.9 Å². The minimum absolute atomic E-state index is 0.127. The number of furan rings is 1. The molecule has 2 aliphatic rings. The molecule has 0 radical (unpaired) electrons. The van der Waals surface area contributed by atoms with Gasteiger partial charge in [0.25, 0.3) is 0 Å². The highest BCUT2D eigenvalue weighted by Gasteiger charge is 2.38. The molecule has 1 saturated heterocycles. The Morgan fingerprint density at radius 3 is 2.83 bits per heavy atom. The molecule has 1 aromatic rings. The highest BCUT2D eigenvalue weighted by Crippen LogP contribution is 2.31. The minimum Gasteiger partial charge on any atom is -0.467 e. The Bertz CT molecular complexity index is 407.